The van der Waals surface area contributed by atoms with Crippen LogP contribution in [0.15, 0.2) is 36.9 Å². The second-order valence-electron chi connectivity index (χ2n) is 4.15. The lowest BCUT2D eigenvalue weighted by Crippen LogP contribution is -2.19. The summed E-state index contributed by atoms with van der Waals surface area (Å²) >= 11 is 0. The molecule has 2 rings (SSSR count). The summed E-state index contributed by atoms with van der Waals surface area (Å²) in [5, 5.41) is 11.4. The summed E-state index contributed by atoms with van der Waals surface area (Å²) in [5.74, 6) is -0.491. The molecule has 0 aliphatic heterocycles. The second kappa shape index (κ2) is 5.80. The number of amides is 1. The third-order valence-corrected chi connectivity index (χ3v) is 3.11. The van der Waals surface area contributed by atoms with E-state index in [9.17, 15) is 13.2 Å². The first-order valence-electron chi connectivity index (χ1n) is 5.64. The topological polar surface area (TPSA) is 120 Å². The van der Waals surface area contributed by atoms with Crippen molar-refractivity contribution in [2.24, 2.45) is 5.14 Å². The van der Waals surface area contributed by atoms with E-state index < -0.39 is 10.0 Å². The van der Waals surface area contributed by atoms with Crippen LogP contribution in [0.4, 0.5) is 5.69 Å². The molecule has 0 bridgehead atoms. The van der Waals surface area contributed by atoms with Crippen LogP contribution in [0, 0.1) is 0 Å². The Morgan fingerprint density at radius 2 is 2.00 bits per heavy atom. The second-order valence-corrected chi connectivity index (χ2v) is 5.76. The molecule has 1 aromatic carbocycles. The molecule has 1 amide bonds. The van der Waals surface area contributed by atoms with Gasteiger partial charge in [0.2, 0.25) is 15.9 Å². The molecule has 0 spiro atoms. The van der Waals surface area contributed by atoms with E-state index in [1.807, 2.05) is 0 Å². The maximum absolute atomic E-state index is 11.7. The van der Waals surface area contributed by atoms with E-state index in [0.717, 1.165) is 0 Å². The largest absolute Gasteiger partial charge is 0.324 e. The summed E-state index contributed by atoms with van der Waals surface area (Å²) in [7, 11) is -3.55. The highest BCUT2D eigenvalue weighted by Crippen LogP contribution is 2.11. The Labute approximate surface area is 115 Å². The number of carbonyl (C=O) groups is 1. The summed E-state index contributed by atoms with van der Waals surface area (Å²) in [5.41, 5.74) is 1.12. The molecule has 1 heterocycles. The maximum atomic E-state index is 11.7. The number of hydrogen-bond donors (Lipinski definition) is 2. The highest BCUT2D eigenvalue weighted by atomic mass is 32.2. The van der Waals surface area contributed by atoms with E-state index in [1.54, 1.807) is 24.3 Å². The highest BCUT2D eigenvalue weighted by Gasteiger charge is 2.06. The van der Waals surface area contributed by atoms with Gasteiger partial charge in [0.05, 0.1) is 5.75 Å². The number of aromatic nitrogens is 3. The van der Waals surface area contributed by atoms with Crippen molar-refractivity contribution in [2.75, 3.05) is 5.32 Å². The minimum Gasteiger partial charge on any atom is -0.324 e. The van der Waals surface area contributed by atoms with Gasteiger partial charge in [-0.2, -0.15) is 5.10 Å². The lowest BCUT2D eigenvalue weighted by molar-refractivity contribution is -0.116. The molecule has 0 unspecified atom stereocenters. The fourth-order valence-corrected chi connectivity index (χ4v) is 2.24. The number of nitrogens with two attached hydrogens (primary N) is 1. The summed E-state index contributed by atoms with van der Waals surface area (Å²) < 4.78 is 23.3. The predicted octanol–water partition coefficient (Wildman–Crippen LogP) is -0.295. The smallest absolute Gasteiger partial charge is 0.246 e. The standard InChI is InChI=1S/C11H13N5O3S/c12-20(18,19)6-9-1-3-10(4-2-9)15-11(17)5-16-8-13-7-14-16/h1-4,7-8H,5-6H2,(H,15,17)(H2,12,18,19). The van der Waals surface area contributed by atoms with Crippen LogP contribution in [0.1, 0.15) is 5.56 Å². The van der Waals surface area contributed by atoms with Crippen LogP contribution in [0.5, 0.6) is 0 Å². The monoisotopic (exact) mass is 295 g/mol. The lowest BCUT2D eigenvalue weighted by atomic mass is 10.2. The fraction of sp³-hybridized carbons (Fsp3) is 0.182. The number of anilines is 1. The number of carbonyl (C=O) groups excluding carboxylic acids is 1. The van der Waals surface area contributed by atoms with Crippen LogP contribution in [-0.4, -0.2) is 29.1 Å². The van der Waals surface area contributed by atoms with Crippen molar-refractivity contribution >= 4 is 21.6 Å². The van der Waals surface area contributed by atoms with Crippen molar-refractivity contribution in [3.05, 3.63) is 42.5 Å². The number of nitrogens with zero attached hydrogens (tertiary/aromatic N) is 3. The molecule has 0 aliphatic rings. The van der Waals surface area contributed by atoms with Gasteiger partial charge in [-0.1, -0.05) is 12.1 Å². The molecule has 20 heavy (non-hydrogen) atoms. The Hall–Kier alpha value is -2.26. The number of sulfonamides is 1. The van der Waals surface area contributed by atoms with Gasteiger partial charge in [-0.3, -0.25) is 4.79 Å². The number of benzene rings is 1. The van der Waals surface area contributed by atoms with Crippen molar-refractivity contribution in [3.8, 4) is 0 Å². The Balaban J connectivity index is 1.95. The normalized spacial score (nSPS) is 11.2. The SMILES string of the molecule is NS(=O)(=O)Cc1ccc(NC(=O)Cn2cncn2)cc1. The Kier molecular flexibility index (Phi) is 4.11. The molecule has 1 aromatic heterocycles. The van der Waals surface area contributed by atoms with Gasteiger partial charge in [0, 0.05) is 5.69 Å². The summed E-state index contributed by atoms with van der Waals surface area (Å²) in [6, 6.07) is 6.41. The summed E-state index contributed by atoms with van der Waals surface area (Å²) in [6.07, 6.45) is 2.78. The molecule has 9 heteroatoms. The lowest BCUT2D eigenvalue weighted by Gasteiger charge is -2.06. The van der Waals surface area contributed by atoms with Crippen LogP contribution in [0.2, 0.25) is 0 Å². The molecule has 8 nitrogen and oxygen atoms in total. The minimum absolute atomic E-state index is 0.0545. The molecule has 0 saturated carbocycles. The molecular weight excluding hydrogens is 282 g/mol. The van der Waals surface area contributed by atoms with Gasteiger partial charge in [-0.25, -0.2) is 23.2 Å². The molecule has 0 fully saturated rings. The highest BCUT2D eigenvalue weighted by molar-refractivity contribution is 7.88. The average Bonchev–Trinajstić information content (AvgIpc) is 2.82. The van der Waals surface area contributed by atoms with Crippen LogP contribution in [0.25, 0.3) is 0 Å². The fourth-order valence-electron chi connectivity index (χ4n) is 1.58. The number of hydrogen-bond acceptors (Lipinski definition) is 5. The molecule has 106 valence electrons. The van der Waals surface area contributed by atoms with E-state index in [4.69, 9.17) is 5.14 Å². The van der Waals surface area contributed by atoms with Gasteiger partial charge in [-0.05, 0) is 17.7 Å². The van der Waals surface area contributed by atoms with E-state index in [-0.39, 0.29) is 18.2 Å². The number of primary sulfonamides is 1. The van der Waals surface area contributed by atoms with E-state index >= 15 is 0 Å². The zero-order chi connectivity index (χ0) is 14.6. The molecule has 0 radical (unpaired) electrons. The van der Waals surface area contributed by atoms with Crippen LogP contribution < -0.4 is 10.5 Å². The maximum Gasteiger partial charge on any atom is 0.246 e. The zero-order valence-electron chi connectivity index (χ0n) is 10.4. The van der Waals surface area contributed by atoms with Crippen LogP contribution in [-0.2, 0) is 27.1 Å². The number of nitrogens with one attached hydrogen (secondary N) is 1. The van der Waals surface area contributed by atoms with E-state index in [0.29, 0.717) is 11.3 Å². The molecule has 3 N–H and O–H groups in total. The summed E-state index contributed by atoms with van der Waals surface area (Å²) in [6.45, 7) is 0.0545. The van der Waals surface area contributed by atoms with Crippen LogP contribution in [0.3, 0.4) is 0 Å². The number of rotatable bonds is 5. The predicted molar refractivity (Wildman–Crippen MR) is 71.9 cm³/mol. The average molecular weight is 295 g/mol. The quantitative estimate of drug-likeness (QED) is 0.785. The van der Waals surface area contributed by atoms with Gasteiger partial charge in [0.25, 0.3) is 0 Å². The van der Waals surface area contributed by atoms with Crippen molar-refractivity contribution < 1.29 is 13.2 Å². The Morgan fingerprint density at radius 3 is 2.55 bits per heavy atom. The van der Waals surface area contributed by atoms with Gasteiger partial charge in [0.15, 0.2) is 0 Å². The van der Waals surface area contributed by atoms with Crippen molar-refractivity contribution in [1.29, 1.82) is 0 Å². The zero-order valence-corrected chi connectivity index (χ0v) is 11.2. The van der Waals surface area contributed by atoms with Crippen molar-refractivity contribution in [3.63, 3.8) is 0 Å². The Morgan fingerprint density at radius 1 is 1.30 bits per heavy atom. The van der Waals surface area contributed by atoms with E-state index in [1.165, 1.54) is 17.3 Å². The van der Waals surface area contributed by atoms with Crippen LogP contribution >= 0.6 is 0 Å². The van der Waals surface area contributed by atoms with Crippen molar-refractivity contribution in [1.82, 2.24) is 14.8 Å². The first-order valence-corrected chi connectivity index (χ1v) is 7.35. The molecule has 0 atom stereocenters. The molecular formula is C11H13N5O3S. The van der Waals surface area contributed by atoms with Gasteiger partial charge < -0.3 is 5.32 Å². The van der Waals surface area contributed by atoms with Gasteiger partial charge in [-0.15, -0.1) is 0 Å². The molecule has 0 aliphatic carbocycles. The third-order valence-electron chi connectivity index (χ3n) is 2.38. The third kappa shape index (κ3) is 4.44. The van der Waals surface area contributed by atoms with Crippen molar-refractivity contribution in [2.45, 2.75) is 12.3 Å². The first-order chi connectivity index (χ1) is 9.42. The Bertz CT molecular complexity index is 679. The molecule has 2 aromatic rings. The summed E-state index contributed by atoms with van der Waals surface area (Å²) in [4.78, 5) is 15.4. The first kappa shape index (κ1) is 14.2. The van der Waals surface area contributed by atoms with Gasteiger partial charge in [0.1, 0.15) is 19.2 Å². The minimum atomic E-state index is -3.55. The molecule has 0 saturated heterocycles. The van der Waals surface area contributed by atoms with Gasteiger partial charge >= 0.3 is 0 Å². The van der Waals surface area contributed by atoms with E-state index in [2.05, 4.69) is 15.4 Å².